The third-order valence-electron chi connectivity index (χ3n) is 4.48. The Bertz CT molecular complexity index is 521. The monoisotopic (exact) mass is 390 g/mol. The summed E-state index contributed by atoms with van der Waals surface area (Å²) >= 11 is 0. The molecule has 1 unspecified atom stereocenters. The molecule has 27 heavy (non-hydrogen) atoms. The second kappa shape index (κ2) is 11.5. The van der Waals surface area contributed by atoms with E-state index in [1.54, 1.807) is 6.92 Å². The van der Waals surface area contributed by atoms with Gasteiger partial charge in [-0.1, -0.05) is 39.5 Å². The molecule has 1 atom stereocenters. The Morgan fingerprint density at radius 1 is 0.889 bits per heavy atom. The van der Waals surface area contributed by atoms with E-state index in [1.807, 2.05) is 13.8 Å². The number of ether oxygens (including phenoxy) is 2. The maximum absolute atomic E-state index is 12.9. The zero-order valence-corrected chi connectivity index (χ0v) is 16.2. The highest BCUT2D eigenvalue weighted by Gasteiger charge is 2.61. The van der Waals surface area contributed by atoms with Gasteiger partial charge < -0.3 is 24.8 Å². The average Bonchev–Trinajstić information content (AvgIpc) is 2.59. The van der Waals surface area contributed by atoms with Crippen LogP contribution in [0.4, 0.5) is 0 Å². The highest BCUT2D eigenvalue weighted by atomic mass is 16.6. The van der Waals surface area contributed by atoms with Crippen molar-refractivity contribution in [1.29, 1.82) is 0 Å². The highest BCUT2D eigenvalue weighted by molar-refractivity contribution is 5.93. The summed E-state index contributed by atoms with van der Waals surface area (Å²) in [4.78, 5) is 47.5. The summed E-state index contributed by atoms with van der Waals surface area (Å²) in [5.74, 6) is -5.30. The molecule has 9 nitrogen and oxygen atoms in total. The van der Waals surface area contributed by atoms with Gasteiger partial charge in [0.25, 0.3) is 0 Å². The normalized spacial score (nSPS) is 13.5. The second-order valence-corrected chi connectivity index (χ2v) is 6.41. The van der Waals surface area contributed by atoms with Crippen LogP contribution in [0.15, 0.2) is 0 Å². The fourth-order valence-electron chi connectivity index (χ4n) is 3.00. The first-order valence-corrected chi connectivity index (χ1v) is 9.11. The molecule has 0 fully saturated rings. The topological polar surface area (TPSA) is 147 Å². The first-order chi connectivity index (χ1) is 12.6. The van der Waals surface area contributed by atoms with E-state index in [2.05, 4.69) is 4.74 Å². The SMILES string of the molecule is CCCCC(CCCC)(C(=O)OCC(=O)OCC)C(O)(CC(=O)O)C(=O)O. The molecule has 0 saturated heterocycles. The number of unbranched alkanes of at least 4 members (excludes halogenated alkanes) is 2. The van der Waals surface area contributed by atoms with Crippen LogP contribution in [0.2, 0.25) is 0 Å². The molecule has 0 saturated carbocycles. The van der Waals surface area contributed by atoms with Gasteiger partial charge >= 0.3 is 23.9 Å². The lowest BCUT2D eigenvalue weighted by Gasteiger charge is -2.42. The molecule has 156 valence electrons. The molecular formula is C18H30O9. The lowest BCUT2D eigenvalue weighted by Crippen LogP contribution is -2.60. The molecule has 3 N–H and O–H groups in total. The summed E-state index contributed by atoms with van der Waals surface area (Å²) in [6.45, 7) is 4.53. The first-order valence-electron chi connectivity index (χ1n) is 9.11. The number of hydrogen-bond donors (Lipinski definition) is 3. The number of aliphatic carboxylic acids is 2. The van der Waals surface area contributed by atoms with E-state index in [-0.39, 0.29) is 19.4 Å². The Kier molecular flexibility index (Phi) is 10.6. The molecule has 0 aliphatic heterocycles. The largest absolute Gasteiger partial charge is 0.481 e. The molecular weight excluding hydrogens is 360 g/mol. The van der Waals surface area contributed by atoms with Crippen molar-refractivity contribution in [3.63, 3.8) is 0 Å². The average molecular weight is 390 g/mol. The van der Waals surface area contributed by atoms with Gasteiger partial charge in [-0.2, -0.15) is 0 Å². The summed E-state index contributed by atoms with van der Waals surface area (Å²) < 4.78 is 9.64. The summed E-state index contributed by atoms with van der Waals surface area (Å²) in [6.07, 6.45) is 0.581. The zero-order chi connectivity index (χ0) is 21.1. The van der Waals surface area contributed by atoms with Crippen LogP contribution in [0.3, 0.4) is 0 Å². The van der Waals surface area contributed by atoms with Crippen molar-refractivity contribution >= 4 is 23.9 Å². The van der Waals surface area contributed by atoms with E-state index < -0.39 is 47.9 Å². The maximum atomic E-state index is 12.9. The van der Waals surface area contributed by atoms with Crippen molar-refractivity contribution in [2.75, 3.05) is 13.2 Å². The number of carboxylic acid groups (broad SMARTS) is 2. The van der Waals surface area contributed by atoms with Crippen molar-refractivity contribution < 1.29 is 44.0 Å². The van der Waals surface area contributed by atoms with Gasteiger partial charge in [0.1, 0.15) is 5.41 Å². The van der Waals surface area contributed by atoms with Crippen molar-refractivity contribution in [2.45, 2.75) is 71.3 Å². The van der Waals surface area contributed by atoms with Crippen LogP contribution in [0.5, 0.6) is 0 Å². The van der Waals surface area contributed by atoms with E-state index in [1.165, 1.54) is 0 Å². The molecule has 0 rings (SSSR count). The lowest BCUT2D eigenvalue weighted by atomic mass is 9.64. The molecule has 0 aromatic heterocycles. The van der Waals surface area contributed by atoms with Gasteiger partial charge in [0, 0.05) is 0 Å². The maximum Gasteiger partial charge on any atom is 0.344 e. The fraction of sp³-hybridized carbons (Fsp3) is 0.778. The van der Waals surface area contributed by atoms with Gasteiger partial charge in [-0.15, -0.1) is 0 Å². The number of aliphatic hydroxyl groups is 1. The smallest absolute Gasteiger partial charge is 0.344 e. The van der Waals surface area contributed by atoms with Gasteiger partial charge in [-0.05, 0) is 19.8 Å². The summed E-state index contributed by atoms with van der Waals surface area (Å²) in [7, 11) is 0. The van der Waals surface area contributed by atoms with Crippen LogP contribution < -0.4 is 0 Å². The fourth-order valence-corrected chi connectivity index (χ4v) is 3.00. The van der Waals surface area contributed by atoms with Gasteiger partial charge in [-0.25, -0.2) is 9.59 Å². The molecule has 0 radical (unpaired) electrons. The van der Waals surface area contributed by atoms with E-state index in [9.17, 15) is 29.4 Å². The molecule has 9 heteroatoms. The Hall–Kier alpha value is -2.16. The van der Waals surface area contributed by atoms with Crippen LogP contribution in [0, 0.1) is 5.41 Å². The summed E-state index contributed by atoms with van der Waals surface area (Å²) in [6, 6.07) is 0. The lowest BCUT2D eigenvalue weighted by molar-refractivity contribution is -0.200. The van der Waals surface area contributed by atoms with Gasteiger partial charge in [0.2, 0.25) is 0 Å². The summed E-state index contributed by atoms with van der Waals surface area (Å²) in [5, 5.41) is 29.6. The molecule has 0 aromatic carbocycles. The van der Waals surface area contributed by atoms with Gasteiger partial charge in [0.15, 0.2) is 12.2 Å². The van der Waals surface area contributed by atoms with E-state index >= 15 is 0 Å². The Balaban J connectivity index is 6.05. The quantitative estimate of drug-likeness (QED) is 0.377. The van der Waals surface area contributed by atoms with Crippen LogP contribution in [-0.2, 0) is 28.7 Å². The predicted octanol–water partition coefficient (Wildman–Crippen LogP) is 1.75. The molecule has 0 aromatic rings. The molecule has 0 aliphatic carbocycles. The summed E-state index contributed by atoms with van der Waals surface area (Å²) in [5.41, 5.74) is -4.86. The van der Waals surface area contributed by atoms with Gasteiger partial charge in [0.05, 0.1) is 13.0 Å². The number of hydrogen-bond acceptors (Lipinski definition) is 7. The molecule has 0 spiro atoms. The van der Waals surface area contributed by atoms with Crippen molar-refractivity contribution in [2.24, 2.45) is 5.41 Å². The first kappa shape index (κ1) is 24.8. The standard InChI is InChI=1S/C18H30O9/c1-4-7-9-17(10-8-5-2,16(24)27-12-14(21)26-6-3)18(25,15(22)23)11-13(19)20/h25H,4-12H2,1-3H3,(H,19,20)(H,22,23). The van der Waals surface area contributed by atoms with E-state index in [0.29, 0.717) is 25.7 Å². The third kappa shape index (κ3) is 6.50. The second-order valence-electron chi connectivity index (χ2n) is 6.41. The number of esters is 2. The van der Waals surface area contributed by atoms with Crippen molar-refractivity contribution in [3.8, 4) is 0 Å². The minimum atomic E-state index is -2.87. The Morgan fingerprint density at radius 2 is 1.41 bits per heavy atom. The third-order valence-corrected chi connectivity index (χ3v) is 4.48. The highest BCUT2D eigenvalue weighted by Crippen LogP contribution is 2.45. The van der Waals surface area contributed by atoms with Crippen LogP contribution in [0.1, 0.15) is 65.7 Å². The number of rotatable bonds is 14. The number of carboxylic acids is 2. The van der Waals surface area contributed by atoms with Crippen LogP contribution in [0.25, 0.3) is 0 Å². The molecule has 0 aliphatic rings. The molecule has 0 heterocycles. The Labute approximate surface area is 158 Å². The predicted molar refractivity (Wildman–Crippen MR) is 93.9 cm³/mol. The van der Waals surface area contributed by atoms with Crippen LogP contribution in [-0.4, -0.2) is 58.0 Å². The zero-order valence-electron chi connectivity index (χ0n) is 16.2. The minimum Gasteiger partial charge on any atom is -0.481 e. The van der Waals surface area contributed by atoms with Crippen LogP contribution >= 0.6 is 0 Å². The Morgan fingerprint density at radius 3 is 1.78 bits per heavy atom. The number of carbonyl (C=O) groups excluding carboxylic acids is 2. The molecule has 0 amide bonds. The van der Waals surface area contributed by atoms with Crippen molar-refractivity contribution in [1.82, 2.24) is 0 Å². The number of carbonyl (C=O) groups is 4. The van der Waals surface area contributed by atoms with Crippen molar-refractivity contribution in [3.05, 3.63) is 0 Å². The molecule has 0 bridgehead atoms. The minimum absolute atomic E-state index is 0.0747. The van der Waals surface area contributed by atoms with E-state index in [4.69, 9.17) is 9.84 Å². The van der Waals surface area contributed by atoms with Gasteiger partial charge in [-0.3, -0.25) is 9.59 Å². The van der Waals surface area contributed by atoms with E-state index in [0.717, 1.165) is 0 Å².